The monoisotopic (exact) mass is 590 g/mol. The molecule has 0 aromatic heterocycles. The van der Waals surface area contributed by atoms with Gasteiger partial charge in [0.15, 0.2) is 6.61 Å². The molecule has 0 aliphatic carbocycles. The summed E-state index contributed by atoms with van der Waals surface area (Å²) in [5.74, 6) is 1.30. The minimum Gasteiger partial charge on any atom is -0.495 e. The van der Waals surface area contributed by atoms with Crippen molar-refractivity contribution < 1.29 is 19.1 Å². The predicted molar refractivity (Wildman–Crippen MR) is 173 cm³/mol. The highest BCUT2D eigenvalue weighted by atomic mass is 16.5. The van der Waals surface area contributed by atoms with Gasteiger partial charge in [-0.2, -0.15) is 5.10 Å². The second-order valence-electron chi connectivity index (χ2n) is 10.9. The lowest BCUT2D eigenvalue weighted by Crippen LogP contribution is -2.33. The molecule has 0 radical (unpaired) electrons. The van der Waals surface area contributed by atoms with Gasteiger partial charge in [-0.25, -0.2) is 5.43 Å². The van der Waals surface area contributed by atoms with E-state index in [9.17, 15) is 9.59 Å². The van der Waals surface area contributed by atoms with Crippen molar-refractivity contribution >= 4 is 23.7 Å². The zero-order valence-electron chi connectivity index (χ0n) is 24.9. The average Bonchev–Trinajstić information content (AvgIpc) is 3.06. The Morgan fingerprint density at radius 3 is 2.30 bits per heavy atom. The molecule has 0 atom stereocenters. The molecule has 0 bridgehead atoms. The normalized spacial score (nSPS) is 13.8. The number of hydrogen-bond donors (Lipinski definition) is 2. The van der Waals surface area contributed by atoms with Gasteiger partial charge in [-0.05, 0) is 103 Å². The number of ether oxygens (including phenoxy) is 2. The van der Waals surface area contributed by atoms with E-state index in [-0.39, 0.29) is 18.4 Å². The quantitative estimate of drug-likeness (QED) is 0.158. The van der Waals surface area contributed by atoms with E-state index < -0.39 is 0 Å². The van der Waals surface area contributed by atoms with E-state index >= 15 is 0 Å². The molecule has 0 unspecified atom stereocenters. The van der Waals surface area contributed by atoms with Crippen LogP contribution in [0.1, 0.15) is 39.9 Å². The predicted octanol–water partition coefficient (Wildman–Crippen LogP) is 5.93. The molecule has 2 amide bonds. The smallest absolute Gasteiger partial charge is 0.271 e. The summed E-state index contributed by atoms with van der Waals surface area (Å²) in [7, 11) is 1.55. The molecule has 2 N–H and O–H groups in total. The summed E-state index contributed by atoms with van der Waals surface area (Å²) in [5, 5.41) is 6.86. The first-order valence-electron chi connectivity index (χ1n) is 14.9. The third-order valence-corrected chi connectivity index (χ3v) is 7.71. The number of hydrazone groups is 1. The van der Waals surface area contributed by atoms with Crippen molar-refractivity contribution in [1.82, 2.24) is 10.3 Å². The number of nitrogens with zero attached hydrogens (tertiary/aromatic N) is 2. The van der Waals surface area contributed by atoms with E-state index in [0.717, 1.165) is 37.5 Å². The van der Waals surface area contributed by atoms with Gasteiger partial charge in [0.2, 0.25) is 0 Å². The molecule has 1 heterocycles. The molecule has 1 saturated heterocycles. The van der Waals surface area contributed by atoms with Crippen molar-refractivity contribution in [2.75, 3.05) is 32.1 Å². The van der Waals surface area contributed by atoms with Crippen molar-refractivity contribution in [3.05, 3.63) is 125 Å². The molecule has 8 nitrogen and oxygen atoms in total. The van der Waals surface area contributed by atoms with Crippen LogP contribution in [0, 0.1) is 5.92 Å². The summed E-state index contributed by atoms with van der Waals surface area (Å²) < 4.78 is 10.8. The number of nitrogens with one attached hydrogen (secondary N) is 2. The second-order valence-corrected chi connectivity index (χ2v) is 10.9. The molecule has 4 aromatic rings. The number of para-hydroxylation sites is 2. The van der Waals surface area contributed by atoms with Gasteiger partial charge < -0.3 is 14.8 Å². The minimum atomic E-state index is -0.296. The van der Waals surface area contributed by atoms with E-state index in [0.29, 0.717) is 22.7 Å². The summed E-state index contributed by atoms with van der Waals surface area (Å²) >= 11 is 0. The average molecular weight is 591 g/mol. The number of carbonyl (C=O) groups is 2. The number of amides is 2. The molecule has 44 heavy (non-hydrogen) atoms. The lowest BCUT2D eigenvalue weighted by Gasteiger charge is -2.32. The van der Waals surface area contributed by atoms with Gasteiger partial charge in [0.1, 0.15) is 11.5 Å². The molecule has 1 fully saturated rings. The summed E-state index contributed by atoms with van der Waals surface area (Å²) in [6, 6.07) is 32.7. The van der Waals surface area contributed by atoms with Crippen molar-refractivity contribution in [2.24, 2.45) is 11.0 Å². The van der Waals surface area contributed by atoms with Crippen LogP contribution in [0.15, 0.2) is 108 Å². The van der Waals surface area contributed by atoms with Crippen molar-refractivity contribution in [3.63, 3.8) is 0 Å². The van der Waals surface area contributed by atoms with Crippen molar-refractivity contribution in [1.29, 1.82) is 0 Å². The first kappa shape index (κ1) is 30.5. The van der Waals surface area contributed by atoms with Crippen molar-refractivity contribution in [3.8, 4) is 11.5 Å². The van der Waals surface area contributed by atoms with Gasteiger partial charge in [-0.3, -0.25) is 14.5 Å². The molecule has 5 rings (SSSR count). The van der Waals surface area contributed by atoms with E-state index in [1.54, 1.807) is 49.7 Å². The number of benzene rings is 4. The van der Waals surface area contributed by atoms with Crippen molar-refractivity contribution in [2.45, 2.75) is 25.8 Å². The molecule has 1 aliphatic rings. The molecular formula is C36H38N4O4. The number of rotatable bonds is 12. The second kappa shape index (κ2) is 15.5. The van der Waals surface area contributed by atoms with Gasteiger partial charge in [0.05, 0.1) is 19.0 Å². The maximum Gasteiger partial charge on any atom is 0.271 e. The zero-order valence-corrected chi connectivity index (χ0v) is 24.9. The third-order valence-electron chi connectivity index (χ3n) is 7.71. The Kier molecular flexibility index (Phi) is 10.7. The highest BCUT2D eigenvalue weighted by Crippen LogP contribution is 2.24. The van der Waals surface area contributed by atoms with Crippen LogP contribution in [-0.2, 0) is 17.8 Å². The van der Waals surface area contributed by atoms with E-state index in [1.807, 2.05) is 36.4 Å². The maximum atomic E-state index is 12.6. The lowest BCUT2D eigenvalue weighted by molar-refractivity contribution is -0.118. The van der Waals surface area contributed by atoms with Crippen LogP contribution in [0.2, 0.25) is 0 Å². The molecule has 4 aromatic carbocycles. The third kappa shape index (κ3) is 9.02. The van der Waals surface area contributed by atoms with E-state index in [4.69, 9.17) is 9.47 Å². The van der Waals surface area contributed by atoms with Crippen LogP contribution >= 0.6 is 0 Å². The highest BCUT2D eigenvalue weighted by molar-refractivity contribution is 5.95. The minimum absolute atomic E-state index is 0.145. The van der Waals surface area contributed by atoms with Gasteiger partial charge in [-0.1, -0.05) is 54.6 Å². The summed E-state index contributed by atoms with van der Waals surface area (Å²) in [4.78, 5) is 27.3. The van der Waals surface area contributed by atoms with Crippen LogP contribution in [0.5, 0.6) is 11.5 Å². The SMILES string of the molecule is COc1ccccc1NC(=O)COc1ccc(/C=N\NC(=O)c2ccc(CN3CCC(Cc4ccccc4)CC3)cc2)cc1. The fraction of sp³-hybridized carbons (Fsp3) is 0.250. The standard InChI is InChI=1S/C36H38N4O4/c1-43-34-10-6-5-9-33(34)38-35(41)26-44-32-17-13-29(14-18-32)24-37-39-36(42)31-15-11-30(12-16-31)25-40-21-19-28(20-22-40)23-27-7-3-2-4-8-27/h2-18,24,28H,19-23,25-26H2,1H3,(H,38,41)(H,39,42)/b37-24-. The van der Waals surface area contributed by atoms with Crippen LogP contribution in [0.4, 0.5) is 5.69 Å². The topological polar surface area (TPSA) is 92.3 Å². The Morgan fingerprint density at radius 2 is 1.57 bits per heavy atom. The van der Waals surface area contributed by atoms with E-state index in [1.165, 1.54) is 24.0 Å². The summed E-state index contributed by atoms with van der Waals surface area (Å²) in [6.45, 7) is 2.94. The first-order chi connectivity index (χ1) is 21.6. The fourth-order valence-corrected chi connectivity index (χ4v) is 5.28. The molecule has 8 heteroatoms. The highest BCUT2D eigenvalue weighted by Gasteiger charge is 2.19. The number of piperidine rings is 1. The van der Waals surface area contributed by atoms with Crippen LogP contribution < -0.4 is 20.2 Å². The maximum absolute atomic E-state index is 12.6. The fourth-order valence-electron chi connectivity index (χ4n) is 5.28. The summed E-state index contributed by atoms with van der Waals surface area (Å²) in [6.07, 6.45) is 5.15. The van der Waals surface area contributed by atoms with Crippen LogP contribution in [-0.4, -0.2) is 49.7 Å². The number of methoxy groups -OCH3 is 1. The lowest BCUT2D eigenvalue weighted by atomic mass is 9.90. The molecule has 0 spiro atoms. The van der Waals surface area contributed by atoms with Gasteiger partial charge in [0.25, 0.3) is 11.8 Å². The zero-order chi connectivity index (χ0) is 30.6. The number of carbonyl (C=O) groups excluding carboxylic acids is 2. The van der Waals surface area contributed by atoms with E-state index in [2.05, 4.69) is 51.1 Å². The van der Waals surface area contributed by atoms with Gasteiger partial charge in [0, 0.05) is 12.1 Å². The van der Waals surface area contributed by atoms with Gasteiger partial charge >= 0.3 is 0 Å². The van der Waals surface area contributed by atoms with Gasteiger partial charge in [-0.15, -0.1) is 0 Å². The largest absolute Gasteiger partial charge is 0.495 e. The Balaban J connectivity index is 1.01. The number of likely N-dealkylation sites (tertiary alicyclic amines) is 1. The Hall–Kier alpha value is -4.95. The molecule has 226 valence electrons. The van der Waals surface area contributed by atoms with Crippen LogP contribution in [0.25, 0.3) is 0 Å². The summed E-state index contributed by atoms with van der Waals surface area (Å²) in [5.41, 5.74) is 7.13. The Morgan fingerprint density at radius 1 is 0.864 bits per heavy atom. The molecule has 1 aliphatic heterocycles. The Labute approximate surface area is 258 Å². The van der Waals surface area contributed by atoms with Crippen LogP contribution in [0.3, 0.4) is 0 Å². The number of anilines is 1. The molecular weight excluding hydrogens is 552 g/mol. The first-order valence-corrected chi connectivity index (χ1v) is 14.9. The number of hydrogen-bond acceptors (Lipinski definition) is 6. The molecule has 0 saturated carbocycles. The Bertz CT molecular complexity index is 1530.